The molecule has 1 N–H and O–H groups in total. The minimum Gasteiger partial charge on any atom is -0.340 e. The fourth-order valence-corrected chi connectivity index (χ4v) is 5.27. The molecule has 1 heterocycles. The summed E-state index contributed by atoms with van der Waals surface area (Å²) in [5, 5.41) is 8.86. The Morgan fingerprint density at radius 3 is 2.52 bits per heavy atom. The summed E-state index contributed by atoms with van der Waals surface area (Å²) < 4.78 is 28.0. The van der Waals surface area contributed by atoms with Crippen LogP contribution in [0.5, 0.6) is 0 Å². The van der Waals surface area contributed by atoms with Crippen molar-refractivity contribution in [3.63, 3.8) is 0 Å². The molecule has 1 aliphatic carbocycles. The predicted octanol–water partition coefficient (Wildman–Crippen LogP) is 2.50. The molecule has 1 saturated carbocycles. The van der Waals surface area contributed by atoms with Crippen molar-refractivity contribution in [3.8, 4) is 6.07 Å². The van der Waals surface area contributed by atoms with E-state index in [0.29, 0.717) is 37.9 Å². The van der Waals surface area contributed by atoms with E-state index in [9.17, 15) is 18.5 Å². The maximum atomic E-state index is 12.9. The molecule has 3 rings (SSSR count). The Morgan fingerprint density at radius 2 is 1.88 bits per heavy atom. The van der Waals surface area contributed by atoms with Gasteiger partial charge in [-0.05, 0) is 37.8 Å². The number of nitriles is 1. The number of carbonyl (C=O) groups is 1. The van der Waals surface area contributed by atoms with Crippen LogP contribution in [0.1, 0.15) is 38.5 Å². The van der Waals surface area contributed by atoms with Crippen molar-refractivity contribution in [2.45, 2.75) is 43.8 Å². The molecule has 0 bridgehead atoms. The molecule has 0 radical (unpaired) electrons. The summed E-state index contributed by atoms with van der Waals surface area (Å²) in [6.07, 6.45) is 4.07. The van der Waals surface area contributed by atoms with Crippen molar-refractivity contribution in [1.29, 1.82) is 5.26 Å². The summed E-state index contributed by atoms with van der Waals surface area (Å²) in [7, 11) is -3.58. The van der Waals surface area contributed by atoms with Crippen LogP contribution in [-0.2, 0) is 14.8 Å². The predicted molar refractivity (Wildman–Crippen MR) is 95.1 cm³/mol. The normalized spacial score (nSPS) is 23.0. The Hall–Kier alpha value is -2.07. The van der Waals surface area contributed by atoms with E-state index < -0.39 is 20.7 Å². The van der Waals surface area contributed by atoms with E-state index in [1.165, 1.54) is 0 Å². The zero-order chi connectivity index (χ0) is 17.9. The van der Waals surface area contributed by atoms with Gasteiger partial charge < -0.3 is 4.90 Å². The molecule has 134 valence electrons. The molecule has 1 aromatic rings. The van der Waals surface area contributed by atoms with Crippen molar-refractivity contribution in [2.75, 3.05) is 17.8 Å². The molecule has 1 aromatic carbocycles. The van der Waals surface area contributed by atoms with Crippen molar-refractivity contribution < 1.29 is 13.2 Å². The summed E-state index contributed by atoms with van der Waals surface area (Å²) in [4.78, 5) is 14.5. The second-order valence-electron chi connectivity index (χ2n) is 6.93. The van der Waals surface area contributed by atoms with E-state index in [1.54, 1.807) is 29.2 Å². The third-order valence-corrected chi connectivity index (χ3v) is 7.00. The highest BCUT2D eigenvalue weighted by molar-refractivity contribution is 7.93. The number of benzene rings is 1. The molecular weight excluding hydrogens is 338 g/mol. The molecule has 1 atom stereocenters. The average Bonchev–Trinajstić information content (AvgIpc) is 3.12. The van der Waals surface area contributed by atoms with Crippen LogP contribution in [0.2, 0.25) is 0 Å². The van der Waals surface area contributed by atoms with Crippen LogP contribution in [0.4, 0.5) is 5.69 Å². The van der Waals surface area contributed by atoms with E-state index in [4.69, 9.17) is 0 Å². The van der Waals surface area contributed by atoms with Gasteiger partial charge in [0.05, 0.1) is 11.3 Å². The van der Waals surface area contributed by atoms with E-state index in [1.807, 2.05) is 6.07 Å². The van der Waals surface area contributed by atoms with Crippen molar-refractivity contribution in [3.05, 3.63) is 30.3 Å². The van der Waals surface area contributed by atoms with Gasteiger partial charge >= 0.3 is 0 Å². The number of amides is 1. The third-order valence-electron chi connectivity index (χ3n) is 5.22. The summed E-state index contributed by atoms with van der Waals surface area (Å²) in [5.74, 6) is -0.188. The molecule has 1 unspecified atom stereocenters. The number of carbonyl (C=O) groups excluding carboxylic acids is 1. The number of likely N-dealkylation sites (tertiary alicyclic amines) is 1. The molecule has 1 aliphatic heterocycles. The van der Waals surface area contributed by atoms with Gasteiger partial charge in [-0.15, -0.1) is 0 Å². The van der Waals surface area contributed by atoms with Gasteiger partial charge in [-0.25, -0.2) is 8.42 Å². The Kier molecular flexibility index (Phi) is 5.00. The molecular formula is C18H23N3O3S. The zero-order valence-electron chi connectivity index (χ0n) is 14.1. The number of hydrogen-bond donors (Lipinski definition) is 1. The van der Waals surface area contributed by atoms with Crippen LogP contribution in [0.3, 0.4) is 0 Å². The van der Waals surface area contributed by atoms with Crippen LogP contribution in [-0.4, -0.2) is 37.6 Å². The number of rotatable bonds is 4. The molecule has 1 amide bonds. The zero-order valence-corrected chi connectivity index (χ0v) is 15.0. The Balaban J connectivity index is 1.72. The van der Waals surface area contributed by atoms with Crippen LogP contribution >= 0.6 is 0 Å². The largest absolute Gasteiger partial charge is 0.340 e. The monoisotopic (exact) mass is 361 g/mol. The smallest absolute Gasteiger partial charge is 0.243 e. The molecule has 1 saturated heterocycles. The fourth-order valence-electron chi connectivity index (χ4n) is 3.78. The van der Waals surface area contributed by atoms with Crippen molar-refractivity contribution in [1.82, 2.24) is 4.90 Å². The first kappa shape index (κ1) is 17.7. The lowest BCUT2D eigenvalue weighted by molar-refractivity contribution is -0.139. The lowest BCUT2D eigenvalue weighted by Gasteiger charge is -2.36. The first-order chi connectivity index (χ1) is 12.0. The van der Waals surface area contributed by atoms with Gasteiger partial charge in [0, 0.05) is 18.8 Å². The number of hydrogen-bond acceptors (Lipinski definition) is 4. The van der Waals surface area contributed by atoms with E-state index in [0.717, 1.165) is 12.8 Å². The van der Waals surface area contributed by atoms with Crippen LogP contribution < -0.4 is 4.72 Å². The molecule has 7 heteroatoms. The SMILES string of the molecule is N#CC1(C(=O)N2CCCC(S(=O)(=O)Nc3ccccc3)C2)CCCC1. The summed E-state index contributed by atoms with van der Waals surface area (Å²) in [6, 6.07) is 11.0. The number of anilines is 1. The van der Waals surface area contributed by atoms with Gasteiger partial charge in [-0.1, -0.05) is 31.0 Å². The van der Waals surface area contributed by atoms with Crippen LogP contribution in [0, 0.1) is 16.7 Å². The minimum absolute atomic E-state index is 0.157. The van der Waals surface area contributed by atoms with Gasteiger partial charge in [0.2, 0.25) is 15.9 Å². The fraction of sp³-hybridized carbons (Fsp3) is 0.556. The maximum absolute atomic E-state index is 12.9. The minimum atomic E-state index is -3.58. The highest BCUT2D eigenvalue weighted by Crippen LogP contribution is 2.39. The first-order valence-electron chi connectivity index (χ1n) is 8.74. The molecule has 0 aromatic heterocycles. The van der Waals surface area contributed by atoms with Gasteiger partial charge in [-0.2, -0.15) is 5.26 Å². The second-order valence-corrected chi connectivity index (χ2v) is 8.89. The lowest BCUT2D eigenvalue weighted by atomic mass is 9.86. The number of nitrogens with zero attached hydrogens (tertiary/aromatic N) is 2. The Morgan fingerprint density at radius 1 is 1.20 bits per heavy atom. The number of piperidine rings is 1. The Labute approximate surface area is 148 Å². The van der Waals surface area contributed by atoms with Gasteiger partial charge in [0.25, 0.3) is 0 Å². The third kappa shape index (κ3) is 3.64. The van der Waals surface area contributed by atoms with Crippen molar-refractivity contribution in [2.24, 2.45) is 5.41 Å². The van der Waals surface area contributed by atoms with Crippen LogP contribution in [0.25, 0.3) is 0 Å². The summed E-state index contributed by atoms with van der Waals surface area (Å²) in [5.41, 5.74) is -0.423. The molecule has 2 fully saturated rings. The first-order valence-corrected chi connectivity index (χ1v) is 10.3. The van der Waals surface area contributed by atoms with Crippen LogP contribution in [0.15, 0.2) is 30.3 Å². The van der Waals surface area contributed by atoms with Gasteiger partial charge in [0.15, 0.2) is 0 Å². The molecule has 25 heavy (non-hydrogen) atoms. The van der Waals surface area contributed by atoms with E-state index in [2.05, 4.69) is 10.8 Å². The van der Waals surface area contributed by atoms with Crippen molar-refractivity contribution >= 4 is 21.6 Å². The van der Waals surface area contributed by atoms with E-state index in [-0.39, 0.29) is 12.5 Å². The topological polar surface area (TPSA) is 90.3 Å². The highest BCUT2D eigenvalue weighted by atomic mass is 32.2. The highest BCUT2D eigenvalue weighted by Gasteiger charge is 2.45. The van der Waals surface area contributed by atoms with E-state index >= 15 is 0 Å². The molecule has 0 spiro atoms. The average molecular weight is 361 g/mol. The Bertz CT molecular complexity index is 765. The molecule has 2 aliphatic rings. The number of para-hydroxylation sites is 1. The van der Waals surface area contributed by atoms with Gasteiger partial charge in [0.1, 0.15) is 5.41 Å². The quantitative estimate of drug-likeness (QED) is 0.892. The standard InChI is InChI=1S/C18H23N3O3S/c19-14-18(10-4-5-11-18)17(22)21-12-6-9-16(13-21)25(23,24)20-15-7-2-1-3-8-15/h1-3,7-8,16,20H,4-6,9-13H2. The number of nitrogens with one attached hydrogen (secondary N) is 1. The second kappa shape index (κ2) is 7.04. The number of sulfonamides is 1. The maximum Gasteiger partial charge on any atom is 0.243 e. The molecule has 6 nitrogen and oxygen atoms in total. The van der Waals surface area contributed by atoms with Gasteiger partial charge in [-0.3, -0.25) is 9.52 Å². The lowest BCUT2D eigenvalue weighted by Crippen LogP contribution is -2.50. The summed E-state index contributed by atoms with van der Waals surface area (Å²) in [6.45, 7) is 0.685. The summed E-state index contributed by atoms with van der Waals surface area (Å²) >= 11 is 0.